The van der Waals surface area contributed by atoms with Crippen molar-refractivity contribution in [3.05, 3.63) is 87.5 Å². The summed E-state index contributed by atoms with van der Waals surface area (Å²) < 4.78 is 7.13. The average molecular weight is 599 g/mol. The van der Waals surface area contributed by atoms with Crippen LogP contribution in [0.1, 0.15) is 53.9 Å². The number of carbonyl (C=O) groups is 1. The van der Waals surface area contributed by atoms with E-state index in [0.717, 1.165) is 11.8 Å². The number of rotatable bonds is 12. The second-order valence-electron chi connectivity index (χ2n) is 8.25. The zero-order valence-corrected chi connectivity index (χ0v) is 23.4. The molecule has 0 spiro atoms. The number of phenolic OH excluding ortho intramolecular Hbond substituents is 1. The van der Waals surface area contributed by atoms with Gasteiger partial charge in [-0.25, -0.2) is 0 Å². The van der Waals surface area contributed by atoms with Gasteiger partial charge in [0.05, 0.1) is 23.5 Å². The van der Waals surface area contributed by atoms with Crippen LogP contribution in [0.15, 0.2) is 87.5 Å². The van der Waals surface area contributed by atoms with Crippen LogP contribution in [0.25, 0.3) is 0 Å². The highest BCUT2D eigenvalue weighted by molar-refractivity contribution is 14.1. The van der Waals surface area contributed by atoms with Gasteiger partial charge in [0.2, 0.25) is 0 Å². The number of para-hydroxylation sites is 1. The van der Waals surface area contributed by atoms with Crippen molar-refractivity contribution in [1.82, 2.24) is 0 Å². The minimum absolute atomic E-state index is 0.121. The Morgan fingerprint density at radius 3 is 2.29 bits per heavy atom. The Hall–Kier alpha value is -2.36. The molecule has 0 aliphatic carbocycles. The van der Waals surface area contributed by atoms with Crippen LogP contribution in [0, 0.1) is 0 Å². The van der Waals surface area contributed by atoms with E-state index in [1.54, 1.807) is 41.3 Å². The number of halogens is 1. The van der Waals surface area contributed by atoms with Gasteiger partial charge in [-0.15, -0.1) is 0 Å². The van der Waals surface area contributed by atoms with Crippen LogP contribution >= 0.6 is 22.6 Å². The quantitative estimate of drug-likeness (QED) is 0.0678. The van der Waals surface area contributed by atoms with Crippen molar-refractivity contribution in [1.29, 1.82) is 0 Å². The minimum Gasteiger partial charge on any atom is -0.515 e. The molecule has 35 heavy (non-hydrogen) atoms. The largest absolute Gasteiger partial charge is 0.515 e. The minimum atomic E-state index is -0.611. The summed E-state index contributed by atoms with van der Waals surface area (Å²) in [5.74, 6) is -0.268. The highest BCUT2D eigenvalue weighted by Crippen LogP contribution is 2.23. The van der Waals surface area contributed by atoms with Gasteiger partial charge in [-0.3, -0.25) is 4.79 Å². The number of hydrogen-bond donors (Lipinski definition) is 4. The van der Waals surface area contributed by atoms with Crippen molar-refractivity contribution >= 4 is 28.4 Å². The van der Waals surface area contributed by atoms with Gasteiger partial charge in [-0.1, -0.05) is 64.6 Å². The van der Waals surface area contributed by atoms with Gasteiger partial charge < -0.3 is 25.2 Å². The molecule has 6 nitrogen and oxygen atoms in total. The first-order chi connectivity index (χ1) is 16.5. The monoisotopic (exact) mass is 598 g/mol. The maximum Gasteiger partial charge on any atom is 0.190 e. The Balaban J connectivity index is 0.00000140. The van der Waals surface area contributed by atoms with Crippen LogP contribution in [-0.2, 0) is 9.53 Å². The van der Waals surface area contributed by atoms with E-state index >= 15 is 0 Å². The van der Waals surface area contributed by atoms with Gasteiger partial charge in [0.15, 0.2) is 5.78 Å². The first kappa shape index (κ1) is 32.6. The van der Waals surface area contributed by atoms with E-state index in [1.165, 1.54) is 12.2 Å². The molecule has 0 bridgehead atoms. The molecule has 0 heterocycles. The summed E-state index contributed by atoms with van der Waals surface area (Å²) in [5.41, 5.74) is 0.762. The molecule has 1 aromatic rings. The van der Waals surface area contributed by atoms with Crippen LogP contribution in [0.2, 0.25) is 0 Å². The Kier molecular flexibility index (Phi) is 16.8. The third-order valence-corrected chi connectivity index (χ3v) is 5.45. The molecule has 0 fully saturated rings. The molecule has 0 saturated heterocycles. The van der Waals surface area contributed by atoms with E-state index < -0.39 is 11.7 Å². The molecule has 194 valence electrons. The lowest BCUT2D eigenvalue weighted by molar-refractivity contribution is -0.111. The fourth-order valence-corrected chi connectivity index (χ4v) is 3.30. The zero-order chi connectivity index (χ0) is 26.9. The van der Waals surface area contributed by atoms with E-state index in [0.29, 0.717) is 25.2 Å². The van der Waals surface area contributed by atoms with Crippen LogP contribution in [0.4, 0.5) is 0 Å². The summed E-state index contributed by atoms with van der Waals surface area (Å²) in [4.78, 5) is 12.1. The molecular weight excluding hydrogens is 559 g/mol. The topological polar surface area (TPSA) is 107 Å². The second kappa shape index (κ2) is 18.0. The lowest BCUT2D eigenvalue weighted by Crippen LogP contribution is -2.39. The van der Waals surface area contributed by atoms with Crippen LogP contribution in [-0.4, -0.2) is 44.5 Å². The van der Waals surface area contributed by atoms with Crippen molar-refractivity contribution in [3.63, 3.8) is 0 Å². The van der Waals surface area contributed by atoms with Crippen molar-refractivity contribution < 1.29 is 30.0 Å². The molecule has 0 amide bonds. The second-order valence-corrected chi connectivity index (χ2v) is 8.97. The smallest absolute Gasteiger partial charge is 0.190 e. The average Bonchev–Trinajstić information content (AvgIpc) is 2.82. The van der Waals surface area contributed by atoms with Gasteiger partial charge in [0.1, 0.15) is 11.5 Å². The third kappa shape index (κ3) is 13.3. The number of hydrogen-bond acceptors (Lipinski definition) is 6. The van der Waals surface area contributed by atoms with Crippen LogP contribution in [0.3, 0.4) is 0 Å². The Morgan fingerprint density at radius 1 is 1.20 bits per heavy atom. The number of aliphatic hydroxyl groups excluding tert-OH is 3. The summed E-state index contributed by atoms with van der Waals surface area (Å²) in [5, 5.41) is 38.9. The maximum atomic E-state index is 12.1. The van der Waals surface area contributed by atoms with E-state index in [4.69, 9.17) is 9.84 Å². The van der Waals surface area contributed by atoms with E-state index in [1.807, 2.05) is 62.4 Å². The predicted molar refractivity (Wildman–Crippen MR) is 151 cm³/mol. The van der Waals surface area contributed by atoms with Gasteiger partial charge in [0.25, 0.3) is 0 Å². The molecule has 0 saturated carbocycles. The summed E-state index contributed by atoms with van der Waals surface area (Å²) >= 11 is 1.93. The lowest BCUT2D eigenvalue weighted by Gasteiger charge is -2.30. The molecule has 4 N–H and O–H groups in total. The van der Waals surface area contributed by atoms with Gasteiger partial charge >= 0.3 is 0 Å². The Labute approximate surface area is 223 Å². The van der Waals surface area contributed by atoms with E-state index in [-0.39, 0.29) is 29.1 Å². The number of carbonyl (C=O) groups excluding carboxylic acids is 1. The number of aliphatic hydroxyl groups is 3. The number of aromatic hydroxyl groups is 1. The number of phenols is 1. The molecule has 0 aromatic heterocycles. The third-order valence-electron chi connectivity index (χ3n) is 5.09. The molecule has 1 rings (SSSR count). The van der Waals surface area contributed by atoms with E-state index in [9.17, 15) is 20.1 Å². The number of allylic oxidation sites excluding steroid dienone is 7. The number of ketones is 1. The van der Waals surface area contributed by atoms with Crippen molar-refractivity contribution in [3.8, 4) is 5.75 Å². The Bertz CT molecular complexity index is 911. The maximum absolute atomic E-state index is 12.1. The highest BCUT2D eigenvalue weighted by atomic mass is 127. The molecule has 1 aromatic carbocycles. The Morgan fingerprint density at radius 2 is 1.83 bits per heavy atom. The first-order valence-corrected chi connectivity index (χ1v) is 12.7. The van der Waals surface area contributed by atoms with Crippen molar-refractivity contribution in [2.24, 2.45) is 0 Å². The number of benzene rings is 1. The standard InChI is InChI=1S/C22H33IO5.C6H6O/c1-6-8-18(19(25)13-14-23)21(27)17(15-24)11-9-16(3)10-12-20(26)22(4,5)28-7-2;7-6-4-2-1-3-5-6/h6,8-9,13-15,20,24,26-27H,7,10-12H2,1-5H3;1-5,7H/b8-6-,14-13+,16-9+,17-15+,21-18-;. The van der Waals surface area contributed by atoms with Gasteiger partial charge in [-0.2, -0.15) is 0 Å². The highest BCUT2D eigenvalue weighted by Gasteiger charge is 2.27. The summed E-state index contributed by atoms with van der Waals surface area (Å²) in [6, 6.07) is 8.71. The van der Waals surface area contributed by atoms with E-state index in [2.05, 4.69) is 0 Å². The SMILES string of the molecule is C\C=C/C(C(=O)/C=C/I)=C(O)\C(=C\O)C/C=C(\C)CCC(O)C(C)(C)OCC.Oc1ccccc1. The fourth-order valence-electron chi connectivity index (χ4n) is 2.97. The molecule has 0 aliphatic heterocycles. The summed E-state index contributed by atoms with van der Waals surface area (Å²) in [6.07, 6.45) is 8.06. The number of ether oxygens (including phenoxy) is 1. The fraction of sp³-hybridized carbons (Fsp3) is 0.393. The molecular formula is C28H39IO6. The van der Waals surface area contributed by atoms with Crippen LogP contribution < -0.4 is 0 Å². The molecule has 7 heteroatoms. The molecule has 0 aliphatic rings. The predicted octanol–water partition coefficient (Wildman–Crippen LogP) is 7.02. The summed E-state index contributed by atoms with van der Waals surface area (Å²) in [6.45, 7) is 9.82. The molecule has 0 radical (unpaired) electrons. The summed E-state index contributed by atoms with van der Waals surface area (Å²) in [7, 11) is 0. The molecule has 1 unspecified atom stereocenters. The normalized spacial score (nSPS) is 14.5. The zero-order valence-electron chi connectivity index (χ0n) is 21.2. The first-order valence-electron chi connectivity index (χ1n) is 11.5. The van der Waals surface area contributed by atoms with Gasteiger partial charge in [-0.05, 0) is 76.2 Å². The lowest BCUT2D eigenvalue weighted by atomic mass is 9.94. The van der Waals surface area contributed by atoms with Crippen molar-refractivity contribution in [2.75, 3.05) is 6.61 Å². The van der Waals surface area contributed by atoms with Crippen LogP contribution in [0.5, 0.6) is 5.75 Å². The molecule has 1 atom stereocenters. The van der Waals surface area contributed by atoms with Gasteiger partial charge in [0, 0.05) is 12.2 Å². The van der Waals surface area contributed by atoms with Crippen molar-refractivity contribution in [2.45, 2.75) is 65.6 Å².